The maximum atomic E-state index is 13.1. The zero-order valence-corrected chi connectivity index (χ0v) is 53.4. The number of hydrogen-bond donors (Lipinski definition) is 6. The molecule has 0 aromatic heterocycles. The number of carbonyl (C=O) groups excluding carboxylic acids is 1. The smallest absolute Gasteiger partial charge is 0.220 e. The summed E-state index contributed by atoms with van der Waals surface area (Å²) in [5.74, 6) is -0.207. The van der Waals surface area contributed by atoms with E-state index in [9.17, 15) is 30.3 Å². The number of allylic oxidation sites excluding steroid dienone is 23. The van der Waals surface area contributed by atoms with Crippen LogP contribution in [0.3, 0.4) is 0 Å². The summed E-state index contributed by atoms with van der Waals surface area (Å²) in [4.78, 5) is 13.1. The molecule has 84 heavy (non-hydrogen) atoms. The quantitative estimate of drug-likeness (QED) is 0.0261. The van der Waals surface area contributed by atoms with E-state index in [1.807, 2.05) is 6.08 Å². The summed E-state index contributed by atoms with van der Waals surface area (Å²) in [5, 5.41) is 54.7. The fourth-order valence-electron chi connectivity index (χ4n) is 9.83. The number of aliphatic hydroxyl groups is 5. The monoisotopic (exact) mass is 1170 g/mol. The van der Waals surface area contributed by atoms with Crippen LogP contribution in [-0.2, 0) is 14.3 Å². The van der Waals surface area contributed by atoms with Crippen LogP contribution in [0.1, 0.15) is 264 Å². The third-order valence-corrected chi connectivity index (χ3v) is 15.1. The molecule has 0 aromatic carbocycles. The molecule has 9 nitrogen and oxygen atoms in total. The fraction of sp³-hybridized carbons (Fsp3) is 0.667. The average molecular weight is 1170 g/mol. The highest BCUT2D eigenvalue weighted by Crippen LogP contribution is 2.23. The van der Waals surface area contributed by atoms with Crippen LogP contribution in [0.25, 0.3) is 0 Å². The Morgan fingerprint density at radius 2 is 0.750 bits per heavy atom. The van der Waals surface area contributed by atoms with Gasteiger partial charge in [0.05, 0.1) is 25.4 Å². The lowest BCUT2D eigenvalue weighted by molar-refractivity contribution is -0.302. The first kappa shape index (κ1) is 78.1. The van der Waals surface area contributed by atoms with E-state index in [0.717, 1.165) is 122 Å². The van der Waals surface area contributed by atoms with Crippen LogP contribution in [0.5, 0.6) is 0 Å². The molecule has 1 aliphatic heterocycles. The van der Waals surface area contributed by atoms with Crippen molar-refractivity contribution in [2.45, 2.75) is 307 Å². The summed E-state index contributed by atoms with van der Waals surface area (Å²) in [6.45, 7) is 3.65. The van der Waals surface area contributed by atoms with Gasteiger partial charge in [0.25, 0.3) is 0 Å². The normalized spacial score (nSPS) is 19.2. The molecule has 6 N–H and O–H groups in total. The Morgan fingerprint density at radius 1 is 0.417 bits per heavy atom. The van der Waals surface area contributed by atoms with Crippen LogP contribution < -0.4 is 5.32 Å². The summed E-state index contributed by atoms with van der Waals surface area (Å²) in [6, 6.07) is -0.847. The van der Waals surface area contributed by atoms with Crippen molar-refractivity contribution < 1.29 is 39.8 Å². The fourth-order valence-corrected chi connectivity index (χ4v) is 9.83. The minimum atomic E-state index is -1.59. The summed E-state index contributed by atoms with van der Waals surface area (Å²) in [7, 11) is 0. The zero-order chi connectivity index (χ0) is 60.7. The third kappa shape index (κ3) is 50.2. The molecular formula is C75H125NO8. The number of rotatable bonds is 57. The molecule has 1 fully saturated rings. The molecule has 1 aliphatic rings. The number of carbonyl (C=O) groups is 1. The Balaban J connectivity index is 2.22. The number of unbranched alkanes of at least 4 members (excludes halogenated alkanes) is 25. The van der Waals surface area contributed by atoms with Crippen molar-refractivity contribution in [3.63, 3.8) is 0 Å². The standard InChI is InChI=1S/C75H125NO8/c1-3-5-7-9-11-13-15-17-19-21-23-25-27-29-31-32-33-34-35-36-37-38-39-41-43-45-47-49-51-53-55-57-59-61-63-65-71(79)76-68(67-83-75-74(82)73(81)72(80)70(66-77)84-75)69(78)64-62-60-58-56-54-52-50-48-46-44-42-40-30-28-26-24-22-20-18-16-14-12-10-8-6-4-2/h5,7,11,13,17,19,23,25,29,31,33-34,36-37,39,41,45-48,54,56,62,64,68-70,72-75,77-78,80-82H,3-4,6,8-10,12,14-16,18,20-22,24,26-28,30,32,35,38,40,42-44,49-53,55,57-61,63,65-67H2,1-2H3,(H,76,79)/b7-5-,13-11-,19-17-,25-23-,31-29-,34-33-,37-36-,41-39-,47-45-,48-46+,56-54+,64-62+. The van der Waals surface area contributed by atoms with Gasteiger partial charge >= 0.3 is 0 Å². The van der Waals surface area contributed by atoms with Crippen LogP contribution >= 0.6 is 0 Å². The van der Waals surface area contributed by atoms with Crippen LogP contribution in [-0.4, -0.2) is 87.5 Å². The van der Waals surface area contributed by atoms with Crippen molar-refractivity contribution >= 4 is 5.91 Å². The van der Waals surface area contributed by atoms with Crippen molar-refractivity contribution in [2.75, 3.05) is 13.2 Å². The number of aliphatic hydroxyl groups excluding tert-OH is 5. The van der Waals surface area contributed by atoms with Gasteiger partial charge in [-0.3, -0.25) is 4.79 Å². The predicted molar refractivity (Wildman–Crippen MR) is 359 cm³/mol. The first-order valence-electron chi connectivity index (χ1n) is 34.1. The molecule has 0 radical (unpaired) electrons. The molecule has 1 saturated heterocycles. The van der Waals surface area contributed by atoms with Gasteiger partial charge in [-0.2, -0.15) is 0 Å². The van der Waals surface area contributed by atoms with Gasteiger partial charge in [-0.1, -0.05) is 288 Å². The maximum Gasteiger partial charge on any atom is 0.220 e. The van der Waals surface area contributed by atoms with Crippen LogP contribution in [0.15, 0.2) is 146 Å². The van der Waals surface area contributed by atoms with E-state index in [1.54, 1.807) is 6.08 Å². The van der Waals surface area contributed by atoms with Crippen molar-refractivity contribution in [1.82, 2.24) is 5.32 Å². The van der Waals surface area contributed by atoms with Crippen molar-refractivity contribution in [3.8, 4) is 0 Å². The first-order valence-corrected chi connectivity index (χ1v) is 34.1. The predicted octanol–water partition coefficient (Wildman–Crippen LogP) is 18.6. The van der Waals surface area contributed by atoms with Gasteiger partial charge in [-0.15, -0.1) is 0 Å². The average Bonchev–Trinajstić information content (AvgIpc) is 3.70. The minimum Gasteiger partial charge on any atom is -0.394 e. The summed E-state index contributed by atoms with van der Waals surface area (Å²) < 4.78 is 11.3. The molecule has 7 atom stereocenters. The van der Waals surface area contributed by atoms with Gasteiger partial charge in [0, 0.05) is 6.42 Å². The Kier molecular flexibility index (Phi) is 57.8. The molecule has 1 heterocycles. The second-order valence-corrected chi connectivity index (χ2v) is 22.9. The van der Waals surface area contributed by atoms with Gasteiger partial charge in [0.1, 0.15) is 24.4 Å². The van der Waals surface area contributed by atoms with Crippen molar-refractivity contribution in [1.29, 1.82) is 0 Å². The van der Waals surface area contributed by atoms with E-state index in [1.165, 1.54) is 122 Å². The lowest BCUT2D eigenvalue weighted by Crippen LogP contribution is -2.60. The highest BCUT2D eigenvalue weighted by molar-refractivity contribution is 5.76. The van der Waals surface area contributed by atoms with E-state index in [-0.39, 0.29) is 12.5 Å². The summed E-state index contributed by atoms with van der Waals surface area (Å²) in [6.07, 6.45) is 89.3. The lowest BCUT2D eigenvalue weighted by Gasteiger charge is -2.40. The third-order valence-electron chi connectivity index (χ3n) is 15.1. The number of hydrogen-bond acceptors (Lipinski definition) is 8. The lowest BCUT2D eigenvalue weighted by atomic mass is 9.99. The van der Waals surface area contributed by atoms with E-state index < -0.39 is 49.5 Å². The topological polar surface area (TPSA) is 149 Å². The van der Waals surface area contributed by atoms with Crippen molar-refractivity contribution in [2.24, 2.45) is 0 Å². The van der Waals surface area contributed by atoms with Gasteiger partial charge in [-0.25, -0.2) is 0 Å². The SMILES string of the molecule is CC/C=C\C/C=C\C/C=C\C/C=C\C/C=C\C/C=C\C/C=C\C/C=C\C/C=C\CCCCCCCCCC(=O)NC(COC1OC(CO)C(O)C(O)C1O)C(O)/C=C/CC/C=C/CC/C=C/CCCCCCCCCCCCCCCCCC. The molecule has 0 spiro atoms. The second kappa shape index (κ2) is 62.1. The molecular weight excluding hydrogens is 1040 g/mol. The maximum absolute atomic E-state index is 13.1. The van der Waals surface area contributed by atoms with Crippen LogP contribution in [0.4, 0.5) is 0 Å². The number of nitrogens with one attached hydrogen (secondary N) is 1. The Hall–Kier alpha value is -3.93. The van der Waals surface area contributed by atoms with Gasteiger partial charge < -0.3 is 40.3 Å². The van der Waals surface area contributed by atoms with E-state index in [4.69, 9.17) is 9.47 Å². The van der Waals surface area contributed by atoms with Crippen molar-refractivity contribution in [3.05, 3.63) is 146 Å². The van der Waals surface area contributed by atoms with Gasteiger partial charge in [0.2, 0.25) is 5.91 Å². The van der Waals surface area contributed by atoms with Crippen LogP contribution in [0, 0.1) is 0 Å². The highest BCUT2D eigenvalue weighted by atomic mass is 16.7. The molecule has 7 unspecified atom stereocenters. The Morgan fingerprint density at radius 3 is 1.14 bits per heavy atom. The van der Waals surface area contributed by atoms with E-state index in [2.05, 4.69) is 153 Å². The minimum absolute atomic E-state index is 0.207. The van der Waals surface area contributed by atoms with E-state index >= 15 is 0 Å². The van der Waals surface area contributed by atoms with Crippen LogP contribution in [0.2, 0.25) is 0 Å². The van der Waals surface area contributed by atoms with E-state index in [0.29, 0.717) is 6.42 Å². The molecule has 0 saturated carbocycles. The summed E-state index contributed by atoms with van der Waals surface area (Å²) in [5.41, 5.74) is 0. The highest BCUT2D eigenvalue weighted by Gasteiger charge is 2.44. The molecule has 1 rings (SSSR count). The molecule has 9 heteroatoms. The summed E-state index contributed by atoms with van der Waals surface area (Å²) >= 11 is 0. The largest absolute Gasteiger partial charge is 0.394 e. The number of ether oxygens (including phenoxy) is 2. The number of amides is 1. The molecule has 478 valence electrons. The first-order chi connectivity index (χ1) is 41.3. The molecule has 0 bridgehead atoms. The van der Waals surface area contributed by atoms with Gasteiger partial charge in [-0.05, 0) is 116 Å². The molecule has 0 aliphatic carbocycles. The zero-order valence-electron chi connectivity index (χ0n) is 53.4. The van der Waals surface area contributed by atoms with Gasteiger partial charge in [0.15, 0.2) is 6.29 Å². The molecule has 1 amide bonds. The Labute approximate surface area is 514 Å². The Bertz CT molecular complexity index is 1830. The molecule has 0 aromatic rings. The second-order valence-electron chi connectivity index (χ2n) is 22.9.